The number of hydrogen-bond acceptors (Lipinski definition) is 3. The van der Waals surface area contributed by atoms with E-state index in [4.69, 9.17) is 0 Å². The molecule has 18 heavy (non-hydrogen) atoms. The minimum Gasteiger partial charge on any atom is -0.318 e. The normalized spacial score (nSPS) is 21.4. The zero-order valence-corrected chi connectivity index (χ0v) is 12.0. The maximum Gasteiger partial charge on any atom is 0.238 e. The van der Waals surface area contributed by atoms with E-state index in [2.05, 4.69) is 37.6 Å². The van der Waals surface area contributed by atoms with Crippen LogP contribution in [-0.4, -0.2) is 35.4 Å². The van der Waals surface area contributed by atoms with Gasteiger partial charge in [0, 0.05) is 11.8 Å². The lowest BCUT2D eigenvalue weighted by atomic mass is 10.1. The average molecular weight is 264 g/mol. The maximum atomic E-state index is 12.0. The largest absolute Gasteiger partial charge is 0.318 e. The highest BCUT2D eigenvalue weighted by Crippen LogP contribution is 2.27. The number of nitrogens with one attached hydrogen (secondary N) is 1. The van der Waals surface area contributed by atoms with Crippen molar-refractivity contribution >= 4 is 17.7 Å². The molecule has 1 aromatic rings. The number of thioether (sulfide) groups is 1. The van der Waals surface area contributed by atoms with Crippen molar-refractivity contribution in [2.45, 2.75) is 26.1 Å². The summed E-state index contributed by atoms with van der Waals surface area (Å²) in [7, 11) is 0. The first-order valence-electron chi connectivity index (χ1n) is 6.24. The van der Waals surface area contributed by atoms with E-state index in [9.17, 15) is 4.79 Å². The zero-order chi connectivity index (χ0) is 13.1. The van der Waals surface area contributed by atoms with Gasteiger partial charge in [0.2, 0.25) is 5.91 Å². The molecule has 4 heteroatoms. The predicted molar refractivity (Wildman–Crippen MR) is 76.6 cm³/mol. The van der Waals surface area contributed by atoms with E-state index in [1.807, 2.05) is 17.0 Å². The average Bonchev–Trinajstić information content (AvgIpc) is 2.72. The molecule has 2 rings (SSSR count). The van der Waals surface area contributed by atoms with Crippen LogP contribution in [0, 0.1) is 6.92 Å². The van der Waals surface area contributed by atoms with E-state index in [0.29, 0.717) is 6.54 Å². The molecule has 0 aromatic heterocycles. The van der Waals surface area contributed by atoms with E-state index in [1.165, 1.54) is 11.1 Å². The minimum atomic E-state index is 0.0286. The molecule has 98 valence electrons. The van der Waals surface area contributed by atoms with Gasteiger partial charge in [0.05, 0.1) is 6.54 Å². The summed E-state index contributed by atoms with van der Waals surface area (Å²) in [6, 6.07) is 8.52. The summed E-state index contributed by atoms with van der Waals surface area (Å²) in [5.74, 6) is 1.17. The van der Waals surface area contributed by atoms with Gasteiger partial charge in [0.25, 0.3) is 0 Å². The molecule has 1 amide bonds. The number of amides is 1. The van der Waals surface area contributed by atoms with Crippen molar-refractivity contribution < 1.29 is 4.79 Å². The molecule has 1 saturated heterocycles. The second kappa shape index (κ2) is 5.76. The lowest BCUT2D eigenvalue weighted by molar-refractivity contribution is -0.129. The van der Waals surface area contributed by atoms with Gasteiger partial charge >= 0.3 is 0 Å². The van der Waals surface area contributed by atoms with Crippen LogP contribution in [0.15, 0.2) is 24.3 Å². The first-order valence-corrected chi connectivity index (χ1v) is 7.63. The van der Waals surface area contributed by atoms with E-state index in [-0.39, 0.29) is 18.1 Å². The molecular weight excluding hydrogens is 244 g/mol. The monoisotopic (exact) mass is 264 g/mol. The number of aryl methyl sites for hydroxylation is 1. The number of carbonyl (C=O) groups is 1. The lowest BCUT2D eigenvalue weighted by Gasteiger charge is -2.31. The summed E-state index contributed by atoms with van der Waals surface area (Å²) in [4.78, 5) is 14.0. The summed E-state index contributed by atoms with van der Waals surface area (Å²) >= 11 is 1.78. The molecule has 2 unspecified atom stereocenters. The Morgan fingerprint density at radius 1 is 1.50 bits per heavy atom. The Balaban J connectivity index is 2.27. The highest BCUT2D eigenvalue weighted by molar-refractivity contribution is 7.98. The summed E-state index contributed by atoms with van der Waals surface area (Å²) in [6.07, 6.45) is 2.11. The van der Waals surface area contributed by atoms with Gasteiger partial charge < -0.3 is 4.90 Å². The first-order chi connectivity index (χ1) is 8.65. The fourth-order valence-electron chi connectivity index (χ4n) is 2.49. The minimum absolute atomic E-state index is 0.0286. The number of nitrogens with zero attached hydrogens (tertiary/aromatic N) is 1. The van der Waals surface area contributed by atoms with Crippen molar-refractivity contribution in [3.8, 4) is 0 Å². The highest BCUT2D eigenvalue weighted by atomic mass is 32.2. The summed E-state index contributed by atoms with van der Waals surface area (Å²) in [5, 5.41) is 3.32. The smallest absolute Gasteiger partial charge is 0.238 e. The SMILES string of the molecule is CSCC(C)N1C(=O)CNC1c1ccccc1C. The number of hydrogen-bond donors (Lipinski definition) is 1. The molecule has 0 saturated carbocycles. The first kappa shape index (κ1) is 13.4. The van der Waals surface area contributed by atoms with E-state index >= 15 is 0 Å². The molecule has 0 spiro atoms. The molecule has 1 N–H and O–H groups in total. The summed E-state index contributed by atoms with van der Waals surface area (Å²) in [6.45, 7) is 4.65. The predicted octanol–water partition coefficient (Wildman–Crippen LogP) is 2.18. The fourth-order valence-corrected chi connectivity index (χ4v) is 3.14. The van der Waals surface area contributed by atoms with Gasteiger partial charge in [-0.15, -0.1) is 0 Å². The topological polar surface area (TPSA) is 32.3 Å². The van der Waals surface area contributed by atoms with Crippen LogP contribution in [-0.2, 0) is 4.79 Å². The van der Waals surface area contributed by atoms with Gasteiger partial charge in [0.15, 0.2) is 0 Å². The van der Waals surface area contributed by atoms with Gasteiger partial charge in [0.1, 0.15) is 6.17 Å². The Morgan fingerprint density at radius 3 is 2.89 bits per heavy atom. The van der Waals surface area contributed by atoms with E-state index in [1.54, 1.807) is 11.8 Å². The van der Waals surface area contributed by atoms with Crippen LogP contribution in [0.5, 0.6) is 0 Å². The van der Waals surface area contributed by atoms with Crippen LogP contribution < -0.4 is 5.32 Å². The maximum absolute atomic E-state index is 12.0. The second-order valence-corrected chi connectivity index (χ2v) is 5.66. The number of benzene rings is 1. The van der Waals surface area contributed by atoms with Crippen LogP contribution >= 0.6 is 11.8 Å². The van der Waals surface area contributed by atoms with Crippen LogP contribution in [0.3, 0.4) is 0 Å². The Hall–Kier alpha value is -1.00. The van der Waals surface area contributed by atoms with E-state index < -0.39 is 0 Å². The molecule has 1 heterocycles. The van der Waals surface area contributed by atoms with Crippen LogP contribution in [0.4, 0.5) is 0 Å². The third-order valence-electron chi connectivity index (χ3n) is 3.38. The molecule has 0 radical (unpaired) electrons. The molecular formula is C14H20N2OS. The Labute approximate surface area is 113 Å². The Morgan fingerprint density at radius 2 is 2.22 bits per heavy atom. The van der Waals surface area contributed by atoms with Crippen molar-refractivity contribution in [1.29, 1.82) is 0 Å². The summed E-state index contributed by atoms with van der Waals surface area (Å²) in [5.41, 5.74) is 2.43. The van der Waals surface area contributed by atoms with Crippen LogP contribution in [0.25, 0.3) is 0 Å². The third kappa shape index (κ3) is 2.54. The van der Waals surface area contributed by atoms with Crippen molar-refractivity contribution in [1.82, 2.24) is 10.2 Å². The lowest BCUT2D eigenvalue weighted by Crippen LogP contribution is -2.39. The zero-order valence-electron chi connectivity index (χ0n) is 11.1. The molecule has 0 aliphatic carbocycles. The Bertz CT molecular complexity index is 436. The van der Waals surface area contributed by atoms with Gasteiger partial charge in [-0.3, -0.25) is 10.1 Å². The standard InChI is InChI=1S/C14H20N2OS/c1-10-6-4-5-7-12(10)14-15-8-13(17)16(14)11(2)9-18-3/h4-7,11,14-15H,8-9H2,1-3H3. The highest BCUT2D eigenvalue weighted by Gasteiger charge is 2.35. The molecule has 1 aliphatic heterocycles. The number of rotatable bonds is 4. The van der Waals surface area contributed by atoms with Crippen molar-refractivity contribution in [3.05, 3.63) is 35.4 Å². The second-order valence-electron chi connectivity index (χ2n) is 4.75. The molecule has 1 fully saturated rings. The Kier molecular flexibility index (Phi) is 4.30. The fraction of sp³-hybridized carbons (Fsp3) is 0.500. The van der Waals surface area contributed by atoms with Crippen LogP contribution in [0.2, 0.25) is 0 Å². The van der Waals surface area contributed by atoms with E-state index in [0.717, 1.165) is 5.75 Å². The molecule has 3 nitrogen and oxygen atoms in total. The van der Waals surface area contributed by atoms with Gasteiger partial charge in [-0.1, -0.05) is 24.3 Å². The number of carbonyl (C=O) groups excluding carboxylic acids is 1. The summed E-state index contributed by atoms with van der Waals surface area (Å²) < 4.78 is 0. The molecule has 2 atom stereocenters. The molecule has 0 bridgehead atoms. The van der Waals surface area contributed by atoms with Crippen molar-refractivity contribution in [2.24, 2.45) is 0 Å². The quantitative estimate of drug-likeness (QED) is 0.904. The van der Waals surface area contributed by atoms with Gasteiger partial charge in [-0.2, -0.15) is 11.8 Å². The van der Waals surface area contributed by atoms with Crippen molar-refractivity contribution in [2.75, 3.05) is 18.6 Å². The third-order valence-corrected chi connectivity index (χ3v) is 4.19. The van der Waals surface area contributed by atoms with Crippen LogP contribution in [0.1, 0.15) is 24.2 Å². The van der Waals surface area contributed by atoms with Crippen molar-refractivity contribution in [3.63, 3.8) is 0 Å². The van der Waals surface area contributed by atoms with Gasteiger partial charge in [-0.05, 0) is 31.2 Å². The van der Waals surface area contributed by atoms with Gasteiger partial charge in [-0.25, -0.2) is 0 Å². The molecule has 1 aromatic carbocycles. The molecule has 1 aliphatic rings.